The Labute approximate surface area is 167 Å². The van der Waals surface area contributed by atoms with Gasteiger partial charge in [0.1, 0.15) is 0 Å². The van der Waals surface area contributed by atoms with Gasteiger partial charge in [0.2, 0.25) is 0 Å². The zero-order valence-corrected chi connectivity index (χ0v) is 17.8. The number of hydrogen-bond acceptors (Lipinski definition) is 8. The smallest absolute Gasteiger partial charge is 0.322 e. The van der Waals surface area contributed by atoms with Gasteiger partial charge in [-0.2, -0.15) is 16.8 Å². The van der Waals surface area contributed by atoms with Crippen LogP contribution in [0.3, 0.4) is 0 Å². The molecule has 0 aromatic rings. The van der Waals surface area contributed by atoms with Crippen molar-refractivity contribution >= 4 is 32.2 Å². The summed E-state index contributed by atoms with van der Waals surface area (Å²) in [6, 6.07) is 0. The molecule has 2 aliphatic carbocycles. The van der Waals surface area contributed by atoms with Crippen LogP contribution >= 0.6 is 0 Å². The van der Waals surface area contributed by atoms with E-state index in [0.717, 1.165) is 38.5 Å². The molecule has 8 nitrogen and oxygen atoms in total. The van der Waals surface area contributed by atoms with Crippen molar-refractivity contribution in [3.05, 3.63) is 0 Å². The van der Waals surface area contributed by atoms with Crippen molar-refractivity contribution in [1.29, 1.82) is 0 Å². The van der Waals surface area contributed by atoms with E-state index in [4.69, 9.17) is 0 Å². The van der Waals surface area contributed by atoms with Gasteiger partial charge in [0.25, 0.3) is 0 Å². The summed E-state index contributed by atoms with van der Waals surface area (Å²) in [5.74, 6) is -1.68. The molecule has 28 heavy (non-hydrogen) atoms. The average Bonchev–Trinajstić information content (AvgIpc) is 2.66. The molecule has 0 N–H and O–H groups in total. The monoisotopic (exact) mass is 438 g/mol. The highest BCUT2D eigenvalue weighted by molar-refractivity contribution is 7.88. The molecule has 0 bridgehead atoms. The predicted molar refractivity (Wildman–Crippen MR) is 102 cm³/mol. The number of unbranched alkanes of at least 4 members (excludes halogenated alkanes) is 1. The molecule has 0 aromatic heterocycles. The predicted octanol–water partition coefficient (Wildman–Crippen LogP) is 2.96. The third kappa shape index (κ3) is 7.35. The van der Waals surface area contributed by atoms with Gasteiger partial charge in [-0.25, -0.2) is 0 Å². The van der Waals surface area contributed by atoms with E-state index < -0.39 is 42.7 Å². The molecule has 0 saturated heterocycles. The minimum absolute atomic E-state index is 0.144. The molecule has 2 saturated carbocycles. The van der Waals surface area contributed by atoms with E-state index in [1.165, 1.54) is 0 Å². The first-order chi connectivity index (χ1) is 13.2. The lowest BCUT2D eigenvalue weighted by Crippen LogP contribution is -2.28. The van der Waals surface area contributed by atoms with E-state index >= 15 is 0 Å². The fraction of sp³-hybridized carbons (Fsp3) is 0.889. The third-order valence-corrected chi connectivity index (χ3v) is 8.76. The van der Waals surface area contributed by atoms with Crippen LogP contribution in [0.4, 0.5) is 0 Å². The van der Waals surface area contributed by atoms with E-state index in [2.05, 4.69) is 8.37 Å². The first kappa shape index (κ1) is 23.1. The number of rotatable bonds is 9. The van der Waals surface area contributed by atoms with Crippen LogP contribution in [-0.2, 0) is 38.2 Å². The Balaban J connectivity index is 1.66. The summed E-state index contributed by atoms with van der Waals surface area (Å²) < 4.78 is 57.6. The van der Waals surface area contributed by atoms with Crippen molar-refractivity contribution in [1.82, 2.24) is 0 Å². The normalized spacial score (nSPS) is 19.9. The molecule has 0 aromatic carbocycles. The lowest BCUT2D eigenvalue weighted by Gasteiger charge is -2.21. The maximum absolute atomic E-state index is 12.1. The van der Waals surface area contributed by atoms with Crippen molar-refractivity contribution < 1.29 is 34.8 Å². The Hall–Kier alpha value is -1.16. The quantitative estimate of drug-likeness (QED) is 0.398. The molecular weight excluding hydrogens is 408 g/mol. The van der Waals surface area contributed by atoms with Crippen LogP contribution in [0.2, 0.25) is 0 Å². The van der Waals surface area contributed by atoms with Crippen molar-refractivity contribution in [2.75, 3.05) is 0 Å². The van der Waals surface area contributed by atoms with Gasteiger partial charge in [-0.15, -0.1) is 0 Å². The zero-order chi connectivity index (χ0) is 20.6. The molecule has 0 atom stereocenters. The van der Waals surface area contributed by atoms with Crippen LogP contribution in [0.25, 0.3) is 0 Å². The topological polar surface area (TPSA) is 121 Å². The molecule has 0 unspecified atom stereocenters. The second-order valence-corrected chi connectivity index (χ2v) is 11.3. The summed E-state index contributed by atoms with van der Waals surface area (Å²) in [4.78, 5) is 23.5. The molecule has 2 fully saturated rings. The highest BCUT2D eigenvalue weighted by Gasteiger charge is 2.32. The maximum Gasteiger partial charge on any atom is 0.322 e. The summed E-state index contributed by atoms with van der Waals surface area (Å²) in [6.45, 7) is 0. The van der Waals surface area contributed by atoms with Crippen molar-refractivity contribution in [2.45, 2.75) is 100 Å². The van der Waals surface area contributed by atoms with Crippen LogP contribution in [0, 0.1) is 0 Å². The second-order valence-electron chi connectivity index (χ2n) is 7.62. The van der Waals surface area contributed by atoms with Gasteiger partial charge in [0.15, 0.2) is 0 Å². The minimum atomic E-state index is -3.89. The standard InChI is InChI=1S/C18H30O8S2/c19-17(25-27(21,22)15-9-3-1-4-10-15)13-7-8-14-18(20)26-28(23,24)16-11-5-2-6-12-16/h15-16H,1-14H2. The molecule has 0 spiro atoms. The van der Waals surface area contributed by atoms with Gasteiger partial charge in [-0.1, -0.05) is 38.5 Å². The fourth-order valence-electron chi connectivity index (χ4n) is 3.72. The van der Waals surface area contributed by atoms with Crippen LogP contribution in [0.5, 0.6) is 0 Å². The first-order valence-electron chi connectivity index (χ1n) is 10.1. The lowest BCUT2D eigenvalue weighted by molar-refractivity contribution is -0.136. The summed E-state index contributed by atoms with van der Waals surface area (Å²) in [6.07, 6.45) is 7.43. The highest BCUT2D eigenvalue weighted by Crippen LogP contribution is 2.26. The van der Waals surface area contributed by atoms with E-state index in [0.29, 0.717) is 25.7 Å². The Kier molecular flexibility index (Phi) is 8.73. The Morgan fingerprint density at radius 1 is 0.607 bits per heavy atom. The van der Waals surface area contributed by atoms with Crippen LogP contribution in [0.15, 0.2) is 0 Å². The third-order valence-electron chi connectivity index (χ3n) is 5.35. The minimum Gasteiger partial charge on any atom is -0.345 e. The summed E-state index contributed by atoms with van der Waals surface area (Å²) in [7, 11) is -7.79. The van der Waals surface area contributed by atoms with Gasteiger partial charge >= 0.3 is 32.2 Å². The van der Waals surface area contributed by atoms with Gasteiger partial charge in [0.05, 0.1) is 10.5 Å². The largest absolute Gasteiger partial charge is 0.345 e. The van der Waals surface area contributed by atoms with Gasteiger partial charge in [0, 0.05) is 12.8 Å². The molecule has 2 aliphatic rings. The zero-order valence-electron chi connectivity index (χ0n) is 16.1. The summed E-state index contributed by atoms with van der Waals surface area (Å²) in [5, 5.41) is -1.24. The highest BCUT2D eigenvalue weighted by atomic mass is 32.2. The molecule has 10 heteroatoms. The number of carbonyl (C=O) groups is 2. The Bertz CT molecular complexity index is 666. The van der Waals surface area contributed by atoms with Crippen molar-refractivity contribution in [2.24, 2.45) is 0 Å². The Morgan fingerprint density at radius 2 is 0.929 bits per heavy atom. The molecule has 0 amide bonds. The van der Waals surface area contributed by atoms with Gasteiger partial charge in [-0.05, 0) is 38.5 Å². The van der Waals surface area contributed by atoms with Crippen LogP contribution in [-0.4, -0.2) is 39.3 Å². The number of hydrogen-bond donors (Lipinski definition) is 0. The fourth-order valence-corrected chi connectivity index (χ4v) is 6.50. The molecule has 0 aliphatic heterocycles. The average molecular weight is 439 g/mol. The molecule has 162 valence electrons. The van der Waals surface area contributed by atoms with Crippen molar-refractivity contribution in [3.8, 4) is 0 Å². The van der Waals surface area contributed by atoms with Crippen LogP contribution in [0.1, 0.15) is 89.9 Å². The second kappa shape index (κ2) is 10.6. The molecule has 2 rings (SSSR count). The first-order valence-corrected chi connectivity index (χ1v) is 13.1. The van der Waals surface area contributed by atoms with Gasteiger partial charge in [-0.3, -0.25) is 9.59 Å². The van der Waals surface area contributed by atoms with E-state index in [9.17, 15) is 26.4 Å². The molecular formula is C18H30O8S2. The SMILES string of the molecule is O=C(CCCCC(=O)OS(=O)(=O)C1CCCCC1)OS(=O)(=O)C1CCCCC1. The van der Waals surface area contributed by atoms with Gasteiger partial charge < -0.3 is 8.37 Å². The molecule has 0 heterocycles. The van der Waals surface area contributed by atoms with Crippen molar-refractivity contribution in [3.63, 3.8) is 0 Å². The van der Waals surface area contributed by atoms with Crippen LogP contribution < -0.4 is 0 Å². The van der Waals surface area contributed by atoms with E-state index in [1.807, 2.05) is 0 Å². The molecule has 0 radical (unpaired) electrons. The maximum atomic E-state index is 12.1. The van der Waals surface area contributed by atoms with E-state index in [1.54, 1.807) is 0 Å². The summed E-state index contributed by atoms with van der Waals surface area (Å²) in [5.41, 5.74) is 0. The Morgan fingerprint density at radius 3 is 1.25 bits per heavy atom. The number of carbonyl (C=O) groups excluding carboxylic acids is 2. The summed E-state index contributed by atoms with van der Waals surface area (Å²) >= 11 is 0. The lowest BCUT2D eigenvalue weighted by atomic mass is 10.0. The van der Waals surface area contributed by atoms with E-state index in [-0.39, 0.29) is 25.7 Å².